The van der Waals surface area contributed by atoms with E-state index in [4.69, 9.17) is 15.2 Å². The van der Waals surface area contributed by atoms with Gasteiger partial charge >= 0.3 is 6.61 Å². The van der Waals surface area contributed by atoms with Crippen LogP contribution in [0.2, 0.25) is 0 Å². The van der Waals surface area contributed by atoms with Gasteiger partial charge in [-0.25, -0.2) is 4.98 Å². The summed E-state index contributed by atoms with van der Waals surface area (Å²) in [5.41, 5.74) is 6.95. The number of hydrogen-bond donors (Lipinski definition) is 1. The molecule has 1 aliphatic rings. The monoisotopic (exact) mass is 457 g/mol. The zero-order valence-electron chi connectivity index (χ0n) is 18.6. The Kier molecular flexibility index (Phi) is 5.82. The van der Waals surface area contributed by atoms with Gasteiger partial charge in [-0.05, 0) is 62.4 Å². The SMILES string of the molecule is COc1cc(-c2cnc3cc(C(C)(C)C(N)=O)ccn23)cc(OC(F)F)c1C(=O)CC1CC1. The number of imidazole rings is 1. The summed E-state index contributed by atoms with van der Waals surface area (Å²) in [6.07, 6.45) is 5.47. The molecule has 0 atom stereocenters. The summed E-state index contributed by atoms with van der Waals surface area (Å²) >= 11 is 0. The Morgan fingerprint density at radius 3 is 2.55 bits per heavy atom. The molecule has 9 heteroatoms. The molecule has 0 saturated heterocycles. The van der Waals surface area contributed by atoms with Crippen molar-refractivity contribution in [1.29, 1.82) is 0 Å². The highest BCUT2D eigenvalue weighted by molar-refractivity contribution is 6.02. The van der Waals surface area contributed by atoms with E-state index in [2.05, 4.69) is 4.98 Å². The van der Waals surface area contributed by atoms with Crippen LogP contribution >= 0.6 is 0 Å². The van der Waals surface area contributed by atoms with E-state index in [1.165, 1.54) is 13.2 Å². The van der Waals surface area contributed by atoms with Crippen LogP contribution in [0.15, 0.2) is 36.7 Å². The molecule has 1 fully saturated rings. The summed E-state index contributed by atoms with van der Waals surface area (Å²) in [5.74, 6) is -0.544. The molecule has 0 spiro atoms. The molecule has 4 rings (SSSR count). The number of ketones is 1. The predicted octanol–water partition coefficient (Wildman–Crippen LogP) is 4.36. The lowest BCUT2D eigenvalue weighted by molar-refractivity contribution is -0.122. The van der Waals surface area contributed by atoms with Crippen LogP contribution in [0.4, 0.5) is 8.78 Å². The van der Waals surface area contributed by atoms with Gasteiger partial charge in [-0.3, -0.25) is 14.0 Å². The van der Waals surface area contributed by atoms with E-state index >= 15 is 0 Å². The molecule has 2 aromatic heterocycles. The van der Waals surface area contributed by atoms with Crippen molar-refractivity contribution in [2.24, 2.45) is 11.7 Å². The van der Waals surface area contributed by atoms with Gasteiger partial charge in [-0.2, -0.15) is 8.78 Å². The Morgan fingerprint density at radius 1 is 1.24 bits per heavy atom. The second-order valence-corrected chi connectivity index (χ2v) is 8.78. The smallest absolute Gasteiger partial charge is 0.387 e. The van der Waals surface area contributed by atoms with Gasteiger partial charge < -0.3 is 15.2 Å². The van der Waals surface area contributed by atoms with Gasteiger partial charge in [0.05, 0.1) is 24.4 Å². The second kappa shape index (κ2) is 8.46. The number of amides is 1. The van der Waals surface area contributed by atoms with Crippen molar-refractivity contribution in [2.45, 2.75) is 45.1 Å². The summed E-state index contributed by atoms with van der Waals surface area (Å²) in [6, 6.07) is 6.52. The van der Waals surface area contributed by atoms with E-state index in [0.717, 1.165) is 12.8 Å². The molecular weight excluding hydrogens is 432 g/mol. The van der Waals surface area contributed by atoms with Gasteiger partial charge in [0.2, 0.25) is 5.91 Å². The van der Waals surface area contributed by atoms with Crippen LogP contribution in [-0.4, -0.2) is 34.8 Å². The number of carbonyl (C=O) groups is 2. The van der Waals surface area contributed by atoms with E-state index in [1.807, 2.05) is 0 Å². The molecule has 0 aliphatic heterocycles. The lowest BCUT2D eigenvalue weighted by atomic mass is 9.84. The Balaban J connectivity index is 1.81. The van der Waals surface area contributed by atoms with Crippen LogP contribution in [-0.2, 0) is 10.2 Å². The van der Waals surface area contributed by atoms with E-state index in [1.54, 1.807) is 48.8 Å². The summed E-state index contributed by atoms with van der Waals surface area (Å²) in [7, 11) is 1.38. The number of rotatable bonds is 9. The average molecular weight is 457 g/mol. The first kappa shape index (κ1) is 22.7. The number of aromatic nitrogens is 2. The van der Waals surface area contributed by atoms with Crippen LogP contribution < -0.4 is 15.2 Å². The standard InChI is InChI=1S/C24H25F2N3O4/c1-24(2,22(27)31)15-6-7-29-16(12-28-20(29)11-15)14-9-18(32-3)21(17(30)8-13-4-5-13)19(10-14)33-23(25)26/h6-7,9-13,23H,4-5,8H2,1-3H3,(H2,27,31). The Labute approximate surface area is 189 Å². The van der Waals surface area contributed by atoms with E-state index in [-0.39, 0.29) is 35.2 Å². The molecule has 0 radical (unpaired) electrons. The first-order valence-corrected chi connectivity index (χ1v) is 10.6. The van der Waals surface area contributed by atoms with Crippen molar-refractivity contribution >= 4 is 17.3 Å². The highest BCUT2D eigenvalue weighted by atomic mass is 19.3. The zero-order valence-corrected chi connectivity index (χ0v) is 18.6. The molecule has 0 unspecified atom stereocenters. The van der Waals surface area contributed by atoms with Crippen LogP contribution in [0.1, 0.15) is 49.0 Å². The minimum absolute atomic E-state index is 0.0211. The largest absolute Gasteiger partial charge is 0.496 e. The van der Waals surface area contributed by atoms with Crippen molar-refractivity contribution in [3.05, 3.63) is 47.8 Å². The Morgan fingerprint density at radius 2 is 1.94 bits per heavy atom. The summed E-state index contributed by atoms with van der Waals surface area (Å²) in [6.45, 7) is 0.348. The van der Waals surface area contributed by atoms with Gasteiger partial charge in [0, 0.05) is 18.2 Å². The lowest BCUT2D eigenvalue weighted by Gasteiger charge is -2.21. The van der Waals surface area contributed by atoms with Gasteiger partial charge in [-0.1, -0.05) is 0 Å². The number of alkyl halides is 2. The van der Waals surface area contributed by atoms with Crippen LogP contribution in [0.5, 0.6) is 11.5 Å². The third-order valence-corrected chi connectivity index (χ3v) is 6.10. The second-order valence-electron chi connectivity index (χ2n) is 8.78. The lowest BCUT2D eigenvalue weighted by Crippen LogP contribution is -2.35. The number of methoxy groups -OCH3 is 1. The fourth-order valence-electron chi connectivity index (χ4n) is 3.77. The van der Waals surface area contributed by atoms with Crippen molar-refractivity contribution in [3.8, 4) is 22.8 Å². The molecule has 1 amide bonds. The topological polar surface area (TPSA) is 95.9 Å². The molecule has 1 saturated carbocycles. The Hall–Kier alpha value is -3.49. The number of pyridine rings is 1. The minimum atomic E-state index is -3.10. The number of fused-ring (bicyclic) bond motifs is 1. The molecule has 174 valence electrons. The number of Topliss-reactive ketones (excluding diaryl/α,β-unsaturated/α-hetero) is 1. The quantitative estimate of drug-likeness (QED) is 0.482. The first-order valence-electron chi connectivity index (χ1n) is 10.6. The van der Waals surface area contributed by atoms with Gasteiger partial charge in [0.15, 0.2) is 5.78 Å². The number of carbonyl (C=O) groups excluding carboxylic acids is 2. The third kappa shape index (κ3) is 4.40. The van der Waals surface area contributed by atoms with Crippen molar-refractivity contribution in [3.63, 3.8) is 0 Å². The van der Waals surface area contributed by atoms with Gasteiger partial charge in [0.1, 0.15) is 22.7 Å². The molecule has 1 aromatic carbocycles. The third-order valence-electron chi connectivity index (χ3n) is 6.10. The molecule has 7 nitrogen and oxygen atoms in total. The maximum absolute atomic E-state index is 13.2. The van der Waals surface area contributed by atoms with E-state index in [9.17, 15) is 18.4 Å². The summed E-state index contributed by atoms with van der Waals surface area (Å²) in [4.78, 5) is 29.0. The fraction of sp³-hybridized carbons (Fsp3) is 0.375. The zero-order chi connectivity index (χ0) is 23.9. The van der Waals surface area contributed by atoms with Crippen molar-refractivity contribution < 1.29 is 27.8 Å². The molecule has 3 aromatic rings. The number of halogens is 2. The van der Waals surface area contributed by atoms with Crippen LogP contribution in [0.3, 0.4) is 0 Å². The van der Waals surface area contributed by atoms with Gasteiger partial charge in [0.25, 0.3) is 0 Å². The molecule has 33 heavy (non-hydrogen) atoms. The molecule has 0 bridgehead atoms. The first-order chi connectivity index (χ1) is 15.6. The average Bonchev–Trinajstić information content (AvgIpc) is 3.47. The van der Waals surface area contributed by atoms with Crippen LogP contribution in [0.25, 0.3) is 16.9 Å². The highest BCUT2D eigenvalue weighted by Gasteiger charge is 2.30. The number of benzene rings is 1. The van der Waals surface area contributed by atoms with Crippen molar-refractivity contribution in [2.75, 3.05) is 7.11 Å². The molecule has 2 heterocycles. The molecule has 1 aliphatic carbocycles. The van der Waals surface area contributed by atoms with Crippen LogP contribution in [0, 0.1) is 5.92 Å². The predicted molar refractivity (Wildman–Crippen MR) is 118 cm³/mol. The van der Waals surface area contributed by atoms with E-state index < -0.39 is 17.9 Å². The Bertz CT molecular complexity index is 1230. The summed E-state index contributed by atoms with van der Waals surface area (Å²) < 4.78 is 38.3. The van der Waals surface area contributed by atoms with Crippen molar-refractivity contribution in [1.82, 2.24) is 9.38 Å². The molecular formula is C24H25F2N3O4. The fourth-order valence-corrected chi connectivity index (χ4v) is 3.77. The number of nitrogens with two attached hydrogens (primary N) is 1. The summed E-state index contributed by atoms with van der Waals surface area (Å²) in [5, 5.41) is 0. The maximum Gasteiger partial charge on any atom is 0.387 e. The maximum atomic E-state index is 13.2. The number of nitrogens with zero attached hydrogens (tertiary/aromatic N) is 2. The minimum Gasteiger partial charge on any atom is -0.496 e. The number of primary amides is 1. The normalized spacial score (nSPS) is 14.0. The highest BCUT2D eigenvalue weighted by Crippen LogP contribution is 2.40. The van der Waals surface area contributed by atoms with Gasteiger partial charge in [-0.15, -0.1) is 0 Å². The molecule has 2 N–H and O–H groups in total. The number of ether oxygens (including phenoxy) is 2. The number of hydrogen-bond acceptors (Lipinski definition) is 5. The van der Waals surface area contributed by atoms with E-state index in [0.29, 0.717) is 22.5 Å².